The maximum atomic E-state index is 13.3. The van der Waals surface area contributed by atoms with E-state index in [0.29, 0.717) is 30.8 Å². The maximum Gasteiger partial charge on any atom is 0.259 e. The van der Waals surface area contributed by atoms with Gasteiger partial charge in [0.15, 0.2) is 0 Å². The number of rotatable bonds is 5. The van der Waals surface area contributed by atoms with Crippen molar-refractivity contribution in [3.05, 3.63) is 45.9 Å². The lowest BCUT2D eigenvalue weighted by Crippen LogP contribution is -2.42. The average Bonchev–Trinajstić information content (AvgIpc) is 2.57. The number of ether oxygens (including phenoxy) is 1. The van der Waals surface area contributed by atoms with Crippen molar-refractivity contribution in [1.82, 2.24) is 9.55 Å². The van der Waals surface area contributed by atoms with Gasteiger partial charge >= 0.3 is 0 Å². The number of aryl methyl sites for hydroxylation is 1. The molecular weight excluding hydrogens is 328 g/mol. The first-order valence-corrected chi connectivity index (χ1v) is 9.36. The molecule has 0 fully saturated rings. The number of aliphatic hydroxyl groups is 1. The van der Waals surface area contributed by atoms with Crippen molar-refractivity contribution in [2.45, 2.75) is 65.0 Å². The summed E-state index contributed by atoms with van der Waals surface area (Å²) in [5.74, 6) is 0.607. The van der Waals surface area contributed by atoms with Crippen LogP contribution in [-0.2, 0) is 6.54 Å². The third-order valence-corrected chi connectivity index (χ3v) is 5.00. The molecule has 0 saturated heterocycles. The summed E-state index contributed by atoms with van der Waals surface area (Å²) in [5, 5.41) is 10.4. The second kappa shape index (κ2) is 7.23. The molecule has 0 radical (unpaired) electrons. The lowest BCUT2D eigenvalue weighted by atomic mass is 9.81. The minimum atomic E-state index is -0.509. The predicted octanol–water partition coefficient (Wildman–Crippen LogP) is 3.78. The molecule has 0 bridgehead atoms. The molecule has 140 valence electrons. The number of aliphatic hydroxyl groups excluding tert-OH is 1. The molecule has 1 aliphatic rings. The Balaban J connectivity index is 2.34. The molecular formula is C21H28N2O3. The first-order chi connectivity index (χ1) is 12.4. The molecule has 0 aromatic carbocycles. The first kappa shape index (κ1) is 18.6. The van der Waals surface area contributed by atoms with E-state index in [1.54, 1.807) is 10.8 Å². The predicted molar refractivity (Wildman–Crippen MR) is 104 cm³/mol. The number of allylic oxidation sites excluding steroid dienone is 2. The Kier molecular flexibility index (Phi) is 5.19. The van der Waals surface area contributed by atoms with E-state index >= 15 is 0 Å². The van der Waals surface area contributed by atoms with E-state index in [-0.39, 0.29) is 18.1 Å². The normalized spacial score (nSPS) is 22.0. The topological polar surface area (TPSA) is 64.4 Å². The molecule has 0 saturated carbocycles. The SMILES string of the molecule is CCCn1c(=O)c2c(c3cccnc31)OC(C)(CCO)CC2C=C(C)C. The zero-order chi connectivity index (χ0) is 18.9. The van der Waals surface area contributed by atoms with Crippen LogP contribution in [0.25, 0.3) is 11.0 Å². The number of fused-ring (bicyclic) bond motifs is 3. The minimum Gasteiger partial charge on any atom is -0.486 e. The van der Waals surface area contributed by atoms with Gasteiger partial charge in [0.1, 0.15) is 17.0 Å². The number of hydrogen-bond acceptors (Lipinski definition) is 4. The van der Waals surface area contributed by atoms with E-state index in [9.17, 15) is 9.90 Å². The van der Waals surface area contributed by atoms with Gasteiger partial charge in [0.25, 0.3) is 5.56 Å². The van der Waals surface area contributed by atoms with Crippen LogP contribution in [0.1, 0.15) is 58.4 Å². The number of hydrogen-bond donors (Lipinski definition) is 1. The van der Waals surface area contributed by atoms with Crippen molar-refractivity contribution in [3.8, 4) is 5.75 Å². The highest BCUT2D eigenvalue weighted by molar-refractivity contribution is 5.84. The van der Waals surface area contributed by atoms with Crippen LogP contribution >= 0.6 is 0 Å². The fraction of sp³-hybridized carbons (Fsp3) is 0.524. The zero-order valence-corrected chi connectivity index (χ0v) is 16.1. The Bertz CT molecular complexity index is 896. The van der Waals surface area contributed by atoms with E-state index < -0.39 is 5.60 Å². The number of nitrogens with zero attached hydrogens (tertiary/aromatic N) is 2. The zero-order valence-electron chi connectivity index (χ0n) is 16.1. The molecule has 3 heterocycles. The van der Waals surface area contributed by atoms with Crippen molar-refractivity contribution < 1.29 is 9.84 Å². The Labute approximate surface area is 154 Å². The van der Waals surface area contributed by atoms with Gasteiger partial charge in [0, 0.05) is 31.7 Å². The average molecular weight is 356 g/mol. The van der Waals surface area contributed by atoms with Crippen molar-refractivity contribution in [1.29, 1.82) is 0 Å². The molecule has 0 aliphatic carbocycles. The van der Waals surface area contributed by atoms with Crippen molar-refractivity contribution in [2.75, 3.05) is 6.61 Å². The summed E-state index contributed by atoms with van der Waals surface area (Å²) in [5.41, 5.74) is 2.03. The van der Waals surface area contributed by atoms with Gasteiger partial charge in [-0.25, -0.2) is 4.98 Å². The summed E-state index contributed by atoms with van der Waals surface area (Å²) in [7, 11) is 0. The summed E-state index contributed by atoms with van der Waals surface area (Å²) >= 11 is 0. The standard InChI is InChI=1S/C21H28N2O3/c1-5-10-23-19-16(7-6-9-22-19)18-17(20(23)25)15(12-14(2)3)13-21(4,26-18)8-11-24/h6-7,9,12,15,24H,5,8,10-11,13H2,1-4H3. The molecule has 2 atom stereocenters. The van der Waals surface area contributed by atoms with Crippen LogP contribution in [0.5, 0.6) is 5.75 Å². The van der Waals surface area contributed by atoms with Crippen molar-refractivity contribution in [3.63, 3.8) is 0 Å². The number of aromatic nitrogens is 2. The molecule has 3 rings (SSSR count). The molecule has 1 aliphatic heterocycles. The van der Waals surface area contributed by atoms with Gasteiger partial charge in [-0.1, -0.05) is 18.6 Å². The third-order valence-electron chi connectivity index (χ3n) is 5.00. The second-order valence-corrected chi connectivity index (χ2v) is 7.65. The fourth-order valence-corrected chi connectivity index (χ4v) is 3.93. The largest absolute Gasteiger partial charge is 0.486 e. The summed E-state index contributed by atoms with van der Waals surface area (Å²) in [4.78, 5) is 17.8. The molecule has 2 unspecified atom stereocenters. The third kappa shape index (κ3) is 3.28. The lowest BCUT2D eigenvalue weighted by molar-refractivity contribution is 0.0349. The second-order valence-electron chi connectivity index (χ2n) is 7.65. The van der Waals surface area contributed by atoms with Crippen LogP contribution in [0.3, 0.4) is 0 Å². The summed E-state index contributed by atoms with van der Waals surface area (Å²) in [6, 6.07) is 3.84. The molecule has 5 nitrogen and oxygen atoms in total. The van der Waals surface area contributed by atoms with E-state index in [1.807, 2.05) is 32.9 Å². The fourth-order valence-electron chi connectivity index (χ4n) is 3.93. The van der Waals surface area contributed by atoms with Gasteiger partial charge in [-0.2, -0.15) is 0 Å². The van der Waals surface area contributed by atoms with E-state index in [2.05, 4.69) is 18.0 Å². The molecule has 26 heavy (non-hydrogen) atoms. The highest BCUT2D eigenvalue weighted by Crippen LogP contribution is 2.44. The van der Waals surface area contributed by atoms with Gasteiger partial charge in [-0.15, -0.1) is 0 Å². The number of pyridine rings is 2. The van der Waals surface area contributed by atoms with E-state index in [1.165, 1.54) is 5.57 Å². The smallest absolute Gasteiger partial charge is 0.259 e. The summed E-state index contributed by atoms with van der Waals surface area (Å²) in [6.07, 6.45) is 5.93. The van der Waals surface area contributed by atoms with Gasteiger partial charge in [-0.3, -0.25) is 9.36 Å². The van der Waals surface area contributed by atoms with Crippen LogP contribution in [0.2, 0.25) is 0 Å². The van der Waals surface area contributed by atoms with Crippen molar-refractivity contribution in [2.24, 2.45) is 0 Å². The van der Waals surface area contributed by atoms with Crippen LogP contribution in [-0.4, -0.2) is 26.9 Å². The molecule has 5 heteroatoms. The Morgan fingerprint density at radius 3 is 2.92 bits per heavy atom. The van der Waals surface area contributed by atoms with Crippen LogP contribution in [0, 0.1) is 0 Å². The Hall–Kier alpha value is -2.14. The van der Waals surface area contributed by atoms with Gasteiger partial charge in [0.05, 0.1) is 10.9 Å². The Morgan fingerprint density at radius 2 is 2.27 bits per heavy atom. The highest BCUT2D eigenvalue weighted by atomic mass is 16.5. The first-order valence-electron chi connectivity index (χ1n) is 9.36. The van der Waals surface area contributed by atoms with Crippen molar-refractivity contribution >= 4 is 11.0 Å². The molecule has 2 aromatic heterocycles. The Morgan fingerprint density at radius 1 is 1.50 bits per heavy atom. The lowest BCUT2D eigenvalue weighted by Gasteiger charge is -2.39. The molecule has 0 amide bonds. The van der Waals surface area contributed by atoms with Gasteiger partial charge < -0.3 is 9.84 Å². The molecule has 1 N–H and O–H groups in total. The van der Waals surface area contributed by atoms with Crippen LogP contribution in [0.4, 0.5) is 0 Å². The van der Waals surface area contributed by atoms with E-state index in [4.69, 9.17) is 4.74 Å². The summed E-state index contributed by atoms with van der Waals surface area (Å²) < 4.78 is 8.13. The minimum absolute atomic E-state index is 0.0124. The van der Waals surface area contributed by atoms with Crippen LogP contribution in [0.15, 0.2) is 34.8 Å². The highest BCUT2D eigenvalue weighted by Gasteiger charge is 2.39. The van der Waals surface area contributed by atoms with Gasteiger partial charge in [0.2, 0.25) is 0 Å². The van der Waals surface area contributed by atoms with E-state index in [0.717, 1.165) is 17.4 Å². The maximum absolute atomic E-state index is 13.3. The van der Waals surface area contributed by atoms with Crippen LogP contribution < -0.4 is 10.3 Å². The molecule has 0 spiro atoms. The van der Waals surface area contributed by atoms with Gasteiger partial charge in [-0.05, 0) is 45.7 Å². The quantitative estimate of drug-likeness (QED) is 0.828. The summed E-state index contributed by atoms with van der Waals surface area (Å²) in [6.45, 7) is 8.85. The molecule has 2 aromatic rings. The monoisotopic (exact) mass is 356 g/mol.